The third kappa shape index (κ3) is 2.37. The Morgan fingerprint density at radius 3 is 2.55 bits per heavy atom. The molecular formula is C8H7FNO. The highest BCUT2D eigenvalue weighted by molar-refractivity contribution is 5.59. The first-order chi connectivity index (χ1) is 5.33. The number of rotatable bonds is 3. The minimum Gasteiger partial charge on any atom is -0.377 e. The molecule has 2 nitrogen and oxygen atoms in total. The molecule has 0 heterocycles. The number of hydrogen-bond donors (Lipinski definition) is 1. The maximum Gasteiger partial charge on any atom is 0.219 e. The van der Waals surface area contributed by atoms with E-state index >= 15 is 0 Å². The van der Waals surface area contributed by atoms with Crippen LogP contribution in [0.25, 0.3) is 0 Å². The van der Waals surface area contributed by atoms with Crippen LogP contribution in [0.4, 0.5) is 10.1 Å². The van der Waals surface area contributed by atoms with E-state index in [9.17, 15) is 9.18 Å². The third-order valence-electron chi connectivity index (χ3n) is 1.21. The molecule has 0 fully saturated rings. The van der Waals surface area contributed by atoms with Crippen LogP contribution in [0, 0.1) is 5.82 Å². The summed E-state index contributed by atoms with van der Waals surface area (Å²) < 4.78 is 12.3. The van der Waals surface area contributed by atoms with Gasteiger partial charge in [0.25, 0.3) is 0 Å². The minimum atomic E-state index is -0.286. The summed E-state index contributed by atoms with van der Waals surface area (Å²) in [5.74, 6) is -0.286. The van der Waals surface area contributed by atoms with Crippen molar-refractivity contribution in [1.82, 2.24) is 0 Å². The van der Waals surface area contributed by atoms with Crippen LogP contribution in [0.2, 0.25) is 0 Å². The van der Waals surface area contributed by atoms with Gasteiger partial charge in [-0.15, -0.1) is 0 Å². The van der Waals surface area contributed by atoms with Gasteiger partial charge in [0.15, 0.2) is 0 Å². The monoisotopic (exact) mass is 152 g/mol. The van der Waals surface area contributed by atoms with Gasteiger partial charge in [-0.05, 0) is 24.3 Å². The zero-order valence-electron chi connectivity index (χ0n) is 5.80. The van der Waals surface area contributed by atoms with Crippen molar-refractivity contribution in [2.24, 2.45) is 0 Å². The minimum absolute atomic E-state index is 0.131. The number of halogens is 1. The fraction of sp³-hybridized carbons (Fsp3) is 0.125. The van der Waals surface area contributed by atoms with E-state index in [-0.39, 0.29) is 12.4 Å². The van der Waals surface area contributed by atoms with Crippen molar-refractivity contribution in [3.05, 3.63) is 30.1 Å². The van der Waals surface area contributed by atoms with E-state index in [1.54, 1.807) is 18.4 Å². The van der Waals surface area contributed by atoms with E-state index in [0.717, 1.165) is 5.69 Å². The van der Waals surface area contributed by atoms with Gasteiger partial charge in [-0.3, -0.25) is 4.79 Å². The van der Waals surface area contributed by atoms with Crippen molar-refractivity contribution < 1.29 is 9.18 Å². The van der Waals surface area contributed by atoms with E-state index in [4.69, 9.17) is 0 Å². The van der Waals surface area contributed by atoms with Crippen molar-refractivity contribution in [2.75, 3.05) is 11.9 Å². The van der Waals surface area contributed by atoms with Gasteiger partial charge in [-0.1, -0.05) is 0 Å². The molecule has 57 valence electrons. The molecular weight excluding hydrogens is 145 g/mol. The number of carbonyl (C=O) groups excluding carboxylic acids is 1. The predicted octanol–water partition coefficient (Wildman–Crippen LogP) is 1.35. The lowest BCUT2D eigenvalue weighted by Crippen LogP contribution is -2.01. The average molecular weight is 152 g/mol. The Bertz CT molecular complexity index is 232. The lowest BCUT2D eigenvalue weighted by atomic mass is 10.3. The summed E-state index contributed by atoms with van der Waals surface area (Å²) in [6.45, 7) is 0.131. The highest BCUT2D eigenvalue weighted by Gasteiger charge is 1.90. The van der Waals surface area contributed by atoms with Gasteiger partial charge in [0, 0.05) is 5.69 Å². The lowest BCUT2D eigenvalue weighted by Gasteiger charge is -1.99. The molecule has 3 heteroatoms. The molecule has 0 aliphatic carbocycles. The van der Waals surface area contributed by atoms with Gasteiger partial charge in [0.05, 0.1) is 6.54 Å². The summed E-state index contributed by atoms with van der Waals surface area (Å²) in [6, 6.07) is 5.78. The molecule has 0 unspecified atom stereocenters. The van der Waals surface area contributed by atoms with Crippen LogP contribution in [0.5, 0.6) is 0 Å². The van der Waals surface area contributed by atoms with E-state index < -0.39 is 0 Å². The molecule has 1 aromatic carbocycles. The summed E-state index contributed by atoms with van der Waals surface area (Å²) in [4.78, 5) is 9.78. The Morgan fingerprint density at radius 1 is 1.36 bits per heavy atom. The first-order valence-electron chi connectivity index (χ1n) is 3.17. The van der Waals surface area contributed by atoms with E-state index in [2.05, 4.69) is 5.32 Å². The van der Waals surface area contributed by atoms with Crippen LogP contribution in [0.1, 0.15) is 0 Å². The summed E-state index contributed by atoms with van der Waals surface area (Å²) in [5.41, 5.74) is 0.717. The Labute approximate surface area is 64.0 Å². The summed E-state index contributed by atoms with van der Waals surface area (Å²) >= 11 is 0. The molecule has 11 heavy (non-hydrogen) atoms. The molecule has 0 spiro atoms. The third-order valence-corrected chi connectivity index (χ3v) is 1.21. The van der Waals surface area contributed by atoms with E-state index in [1.165, 1.54) is 12.1 Å². The van der Waals surface area contributed by atoms with Crippen molar-refractivity contribution >= 4 is 12.0 Å². The Morgan fingerprint density at radius 2 is 2.00 bits per heavy atom. The molecule has 0 aromatic heterocycles. The van der Waals surface area contributed by atoms with Gasteiger partial charge in [0.1, 0.15) is 5.82 Å². The second-order valence-corrected chi connectivity index (χ2v) is 2.00. The van der Waals surface area contributed by atoms with Crippen molar-refractivity contribution in [1.29, 1.82) is 0 Å². The second-order valence-electron chi connectivity index (χ2n) is 2.00. The Balaban J connectivity index is 2.58. The lowest BCUT2D eigenvalue weighted by molar-refractivity contribution is 0.557. The molecule has 0 bridgehead atoms. The quantitative estimate of drug-likeness (QED) is 0.708. The number of anilines is 1. The maximum absolute atomic E-state index is 12.3. The number of hydrogen-bond acceptors (Lipinski definition) is 2. The highest BCUT2D eigenvalue weighted by Crippen LogP contribution is 2.06. The largest absolute Gasteiger partial charge is 0.377 e. The van der Waals surface area contributed by atoms with Crippen LogP contribution < -0.4 is 5.32 Å². The molecule has 0 atom stereocenters. The number of nitrogens with one attached hydrogen (secondary N) is 1. The average Bonchev–Trinajstić information content (AvgIpc) is 2.04. The summed E-state index contributed by atoms with van der Waals surface area (Å²) in [7, 11) is 0. The molecule has 1 N–H and O–H groups in total. The standard InChI is InChI=1S/C8H7FNO/c9-7-1-3-8(4-2-7)10-5-6-11/h1-4,10H,5H2. The van der Waals surface area contributed by atoms with Gasteiger partial charge < -0.3 is 5.32 Å². The Kier molecular flexibility index (Phi) is 2.60. The predicted molar refractivity (Wildman–Crippen MR) is 40.6 cm³/mol. The SMILES string of the molecule is O=[C]CNc1ccc(F)cc1. The zero-order valence-corrected chi connectivity index (χ0v) is 5.80. The molecule has 1 radical (unpaired) electrons. The summed E-state index contributed by atoms with van der Waals surface area (Å²) in [5, 5.41) is 2.73. The fourth-order valence-corrected chi connectivity index (χ4v) is 0.706. The normalized spacial score (nSPS) is 9.18. The van der Waals surface area contributed by atoms with Crippen LogP contribution in [0.15, 0.2) is 24.3 Å². The van der Waals surface area contributed by atoms with Gasteiger partial charge >= 0.3 is 0 Å². The smallest absolute Gasteiger partial charge is 0.219 e. The van der Waals surface area contributed by atoms with Gasteiger partial charge in [-0.2, -0.15) is 0 Å². The van der Waals surface area contributed by atoms with Crippen molar-refractivity contribution in [2.45, 2.75) is 0 Å². The zero-order chi connectivity index (χ0) is 8.10. The van der Waals surface area contributed by atoms with Crippen molar-refractivity contribution in [3.8, 4) is 0 Å². The molecule has 0 saturated carbocycles. The van der Waals surface area contributed by atoms with Crippen molar-refractivity contribution in [3.63, 3.8) is 0 Å². The van der Waals surface area contributed by atoms with Gasteiger partial charge in [0.2, 0.25) is 6.29 Å². The van der Waals surface area contributed by atoms with Crippen LogP contribution in [0.3, 0.4) is 0 Å². The topological polar surface area (TPSA) is 29.1 Å². The van der Waals surface area contributed by atoms with Gasteiger partial charge in [-0.25, -0.2) is 4.39 Å². The van der Waals surface area contributed by atoms with Crippen LogP contribution >= 0.6 is 0 Å². The summed E-state index contributed by atoms with van der Waals surface area (Å²) in [6.07, 6.45) is 1.68. The molecule has 0 aliphatic heterocycles. The second kappa shape index (κ2) is 3.71. The number of benzene rings is 1. The first kappa shape index (κ1) is 7.72. The molecule has 1 aromatic rings. The molecule has 0 amide bonds. The van der Waals surface area contributed by atoms with E-state index in [0.29, 0.717) is 0 Å². The highest BCUT2D eigenvalue weighted by atomic mass is 19.1. The molecule has 1 rings (SSSR count). The first-order valence-corrected chi connectivity index (χ1v) is 3.17. The van der Waals surface area contributed by atoms with E-state index in [1.807, 2.05) is 0 Å². The van der Waals surface area contributed by atoms with Crippen LogP contribution in [-0.2, 0) is 4.79 Å². The molecule has 0 aliphatic rings. The molecule has 0 saturated heterocycles. The van der Waals surface area contributed by atoms with Crippen LogP contribution in [-0.4, -0.2) is 12.8 Å². The Hall–Kier alpha value is -1.38. The maximum atomic E-state index is 12.3. The fourth-order valence-electron chi connectivity index (χ4n) is 0.706.